The maximum atomic E-state index is 12.7. The summed E-state index contributed by atoms with van der Waals surface area (Å²) in [5.41, 5.74) is 0. The van der Waals surface area contributed by atoms with Gasteiger partial charge in [-0.25, -0.2) is 0 Å². The van der Waals surface area contributed by atoms with Gasteiger partial charge in [0.1, 0.15) is 12.3 Å². The second-order valence-corrected chi connectivity index (χ2v) is 7.70. The molecule has 2 amide bonds. The Labute approximate surface area is 166 Å². The number of hydrogen-bond acceptors (Lipinski definition) is 3. The van der Waals surface area contributed by atoms with E-state index in [1.54, 1.807) is 0 Å². The molecule has 158 valence electrons. The lowest BCUT2D eigenvalue weighted by Crippen LogP contribution is -2.51. The number of aldehydes is 1. The summed E-state index contributed by atoms with van der Waals surface area (Å²) in [4.78, 5) is 36.5. The Morgan fingerprint density at radius 3 is 1.78 bits per heavy atom. The third-order valence-electron chi connectivity index (χ3n) is 5.03. The molecule has 2 N–H and O–H groups in total. The first-order valence-electron chi connectivity index (χ1n) is 11.1. The van der Waals surface area contributed by atoms with Crippen molar-refractivity contribution in [3.05, 3.63) is 0 Å². The predicted octanol–water partition coefficient (Wildman–Crippen LogP) is 4.53. The highest BCUT2D eigenvalue weighted by atomic mass is 16.2. The molecule has 0 aliphatic rings. The van der Waals surface area contributed by atoms with Gasteiger partial charge in [-0.3, -0.25) is 9.59 Å². The molecule has 0 saturated carbocycles. The smallest absolute Gasteiger partial charge is 0.243 e. The van der Waals surface area contributed by atoms with Crippen LogP contribution in [0.1, 0.15) is 105 Å². The van der Waals surface area contributed by atoms with E-state index in [1.807, 2.05) is 6.92 Å². The second kappa shape index (κ2) is 16.8. The number of carbonyl (C=O) groups is 3. The van der Waals surface area contributed by atoms with E-state index in [0.717, 1.165) is 70.5 Å². The summed E-state index contributed by atoms with van der Waals surface area (Å²) in [5, 5.41) is 5.76. The third-order valence-corrected chi connectivity index (χ3v) is 5.03. The molecule has 0 aliphatic heterocycles. The molecular weight excluding hydrogens is 340 g/mol. The first kappa shape index (κ1) is 25.6. The van der Waals surface area contributed by atoms with Gasteiger partial charge in [0.2, 0.25) is 11.8 Å². The van der Waals surface area contributed by atoms with Gasteiger partial charge in [0.15, 0.2) is 0 Å². The Kier molecular flexibility index (Phi) is 15.9. The highest BCUT2D eigenvalue weighted by Crippen LogP contribution is 2.12. The molecule has 0 spiro atoms. The van der Waals surface area contributed by atoms with E-state index >= 15 is 0 Å². The lowest BCUT2D eigenvalue weighted by molar-refractivity contribution is -0.132. The van der Waals surface area contributed by atoms with E-state index in [1.165, 1.54) is 0 Å². The van der Waals surface area contributed by atoms with E-state index in [9.17, 15) is 14.4 Å². The van der Waals surface area contributed by atoms with Crippen LogP contribution in [0.5, 0.6) is 0 Å². The highest BCUT2D eigenvalue weighted by Gasteiger charge is 2.24. The normalized spacial score (nSPS) is 14.2. The SMILES string of the molecule is CCCCCC(C=O)NC(=O)C(CCCCC)NC(=O)C(C)CCCCC. The molecule has 5 nitrogen and oxygen atoms in total. The molecule has 0 aromatic heterocycles. The van der Waals surface area contributed by atoms with Crippen LogP contribution in [0.3, 0.4) is 0 Å². The molecule has 27 heavy (non-hydrogen) atoms. The minimum atomic E-state index is -0.550. The van der Waals surface area contributed by atoms with Gasteiger partial charge in [0.25, 0.3) is 0 Å². The summed E-state index contributed by atoms with van der Waals surface area (Å²) in [6, 6.07) is -1.01. The van der Waals surface area contributed by atoms with Crippen LogP contribution >= 0.6 is 0 Å². The maximum Gasteiger partial charge on any atom is 0.243 e. The Morgan fingerprint density at radius 1 is 0.741 bits per heavy atom. The second-order valence-electron chi connectivity index (χ2n) is 7.70. The van der Waals surface area contributed by atoms with Crippen LogP contribution in [-0.2, 0) is 14.4 Å². The van der Waals surface area contributed by atoms with Gasteiger partial charge in [-0.15, -0.1) is 0 Å². The van der Waals surface area contributed by atoms with Gasteiger partial charge in [0, 0.05) is 5.92 Å². The lowest BCUT2D eigenvalue weighted by Gasteiger charge is -2.22. The number of nitrogens with one attached hydrogen (secondary N) is 2. The van der Waals surface area contributed by atoms with Crippen LogP contribution in [0.2, 0.25) is 0 Å². The summed E-state index contributed by atoms with van der Waals surface area (Å²) in [6.07, 6.45) is 12.2. The third kappa shape index (κ3) is 12.6. The zero-order valence-corrected chi connectivity index (χ0v) is 18.0. The van der Waals surface area contributed by atoms with Gasteiger partial charge in [0.05, 0.1) is 6.04 Å². The molecule has 0 saturated heterocycles. The average Bonchev–Trinajstić information content (AvgIpc) is 2.66. The summed E-state index contributed by atoms with van der Waals surface area (Å²) >= 11 is 0. The molecule has 0 heterocycles. The number of rotatable bonds is 17. The fraction of sp³-hybridized carbons (Fsp3) is 0.864. The van der Waals surface area contributed by atoms with Crippen molar-refractivity contribution >= 4 is 18.1 Å². The van der Waals surface area contributed by atoms with E-state index in [4.69, 9.17) is 0 Å². The minimum Gasteiger partial charge on any atom is -0.345 e. The fourth-order valence-electron chi connectivity index (χ4n) is 3.08. The average molecular weight is 383 g/mol. The van der Waals surface area contributed by atoms with E-state index < -0.39 is 12.1 Å². The predicted molar refractivity (Wildman–Crippen MR) is 112 cm³/mol. The van der Waals surface area contributed by atoms with Crippen molar-refractivity contribution < 1.29 is 14.4 Å². The van der Waals surface area contributed by atoms with Gasteiger partial charge in [-0.05, 0) is 19.3 Å². The monoisotopic (exact) mass is 382 g/mol. The first-order chi connectivity index (χ1) is 13.0. The largest absolute Gasteiger partial charge is 0.345 e. The fourth-order valence-corrected chi connectivity index (χ4v) is 3.08. The van der Waals surface area contributed by atoms with E-state index in [-0.39, 0.29) is 17.7 Å². The zero-order valence-electron chi connectivity index (χ0n) is 18.0. The Morgan fingerprint density at radius 2 is 1.26 bits per heavy atom. The van der Waals surface area contributed by atoms with Gasteiger partial charge in [-0.1, -0.05) is 85.5 Å². The molecule has 0 aromatic carbocycles. The summed E-state index contributed by atoms with van der Waals surface area (Å²) < 4.78 is 0. The molecule has 0 aromatic rings. The van der Waals surface area contributed by atoms with Gasteiger partial charge in [-0.2, -0.15) is 0 Å². The van der Waals surface area contributed by atoms with Crippen molar-refractivity contribution in [1.82, 2.24) is 10.6 Å². The quantitative estimate of drug-likeness (QED) is 0.287. The van der Waals surface area contributed by atoms with E-state index in [0.29, 0.717) is 12.8 Å². The maximum absolute atomic E-state index is 12.7. The molecule has 0 bridgehead atoms. The van der Waals surface area contributed by atoms with Crippen LogP contribution in [0.4, 0.5) is 0 Å². The molecule has 0 fully saturated rings. The molecular formula is C22H42N2O3. The number of carbonyl (C=O) groups excluding carboxylic acids is 3. The minimum absolute atomic E-state index is 0.0589. The van der Waals surface area contributed by atoms with Crippen molar-refractivity contribution in [3.63, 3.8) is 0 Å². The van der Waals surface area contributed by atoms with Crippen LogP contribution < -0.4 is 10.6 Å². The van der Waals surface area contributed by atoms with E-state index in [2.05, 4.69) is 31.4 Å². The van der Waals surface area contributed by atoms with Crippen molar-refractivity contribution in [2.45, 2.75) is 117 Å². The number of amides is 2. The van der Waals surface area contributed by atoms with Crippen molar-refractivity contribution in [2.24, 2.45) is 5.92 Å². The van der Waals surface area contributed by atoms with Gasteiger partial charge < -0.3 is 15.4 Å². The molecule has 5 heteroatoms. The summed E-state index contributed by atoms with van der Waals surface area (Å²) in [7, 11) is 0. The molecule has 0 radical (unpaired) electrons. The number of hydrogen-bond donors (Lipinski definition) is 2. The van der Waals surface area contributed by atoms with Gasteiger partial charge >= 0.3 is 0 Å². The zero-order chi connectivity index (χ0) is 20.5. The standard InChI is InChI=1S/C22H42N2O3/c1-5-8-11-14-18(4)21(26)24-20(16-13-10-7-3)22(27)23-19(17-25)15-12-9-6-2/h17-20H,5-16H2,1-4H3,(H,23,27)(H,24,26). The Balaban J connectivity index is 4.72. The molecule has 0 aliphatic carbocycles. The molecule has 0 rings (SSSR count). The van der Waals surface area contributed by atoms with Crippen LogP contribution in [0.25, 0.3) is 0 Å². The summed E-state index contributed by atoms with van der Waals surface area (Å²) in [5.74, 6) is -0.380. The van der Waals surface area contributed by atoms with Crippen LogP contribution in [0, 0.1) is 5.92 Å². The van der Waals surface area contributed by atoms with Crippen LogP contribution in [0.15, 0.2) is 0 Å². The number of unbranched alkanes of at least 4 members (excludes halogenated alkanes) is 6. The van der Waals surface area contributed by atoms with Crippen molar-refractivity contribution in [2.75, 3.05) is 0 Å². The molecule has 3 unspecified atom stereocenters. The Hall–Kier alpha value is -1.39. The van der Waals surface area contributed by atoms with Crippen molar-refractivity contribution in [1.29, 1.82) is 0 Å². The topological polar surface area (TPSA) is 75.3 Å². The molecule has 3 atom stereocenters. The summed E-state index contributed by atoms with van der Waals surface area (Å²) in [6.45, 7) is 8.28. The van der Waals surface area contributed by atoms with Crippen LogP contribution in [-0.4, -0.2) is 30.2 Å². The Bertz CT molecular complexity index is 412. The highest BCUT2D eigenvalue weighted by molar-refractivity contribution is 5.89. The lowest BCUT2D eigenvalue weighted by atomic mass is 10.0. The first-order valence-corrected chi connectivity index (χ1v) is 11.1. The van der Waals surface area contributed by atoms with Crippen molar-refractivity contribution in [3.8, 4) is 0 Å².